The van der Waals surface area contributed by atoms with Crippen LogP contribution < -0.4 is 9.47 Å². The van der Waals surface area contributed by atoms with Crippen LogP contribution in [0.4, 0.5) is 0 Å². The second-order valence-electron chi connectivity index (χ2n) is 9.46. The Bertz CT molecular complexity index is 1060. The zero-order valence-electron chi connectivity index (χ0n) is 20.4. The lowest BCUT2D eigenvalue weighted by Crippen LogP contribution is -2.57. The van der Waals surface area contributed by atoms with Crippen molar-refractivity contribution in [3.63, 3.8) is 0 Å². The maximum Gasteiger partial charge on any atom is 0.186 e. The van der Waals surface area contributed by atoms with Gasteiger partial charge < -0.3 is 49.6 Å². The highest BCUT2D eigenvalue weighted by Crippen LogP contribution is 2.48. The molecular formula is C26H34O10. The molecular weight excluding hydrogens is 472 g/mol. The number of phenolic OH excluding ortho intramolecular Hbond substituents is 2. The fourth-order valence-corrected chi connectivity index (χ4v) is 5.30. The molecule has 0 amide bonds. The third-order valence-corrected chi connectivity index (χ3v) is 7.35. The highest BCUT2D eigenvalue weighted by molar-refractivity contribution is 5.53. The van der Waals surface area contributed by atoms with Crippen molar-refractivity contribution in [2.75, 3.05) is 27.4 Å². The first-order valence-corrected chi connectivity index (χ1v) is 11.9. The number of hydrogen-bond donors (Lipinski definition) is 6. The summed E-state index contributed by atoms with van der Waals surface area (Å²) in [5.74, 6) is -0.486. The maximum atomic E-state index is 10.6. The van der Waals surface area contributed by atoms with E-state index in [-0.39, 0.29) is 42.3 Å². The highest BCUT2D eigenvalue weighted by atomic mass is 16.7. The molecule has 10 nitrogen and oxygen atoms in total. The van der Waals surface area contributed by atoms with Gasteiger partial charge in [-0.3, -0.25) is 0 Å². The summed E-state index contributed by atoms with van der Waals surface area (Å²) in [6.07, 6.45) is -5.59. The van der Waals surface area contributed by atoms with Crippen LogP contribution >= 0.6 is 0 Å². The lowest BCUT2D eigenvalue weighted by atomic mass is 9.67. The number of hydrogen-bond acceptors (Lipinski definition) is 10. The molecule has 8 atom stereocenters. The largest absolute Gasteiger partial charge is 0.504 e. The van der Waals surface area contributed by atoms with Crippen LogP contribution in [-0.2, 0) is 15.9 Å². The first kappa shape index (κ1) is 26.5. The predicted octanol–water partition coefficient (Wildman–Crippen LogP) is 0.872. The number of benzene rings is 2. The second kappa shape index (κ2) is 10.8. The van der Waals surface area contributed by atoms with Gasteiger partial charge in [-0.2, -0.15) is 0 Å². The summed E-state index contributed by atoms with van der Waals surface area (Å²) < 4.78 is 22.2. The van der Waals surface area contributed by atoms with Crippen molar-refractivity contribution in [1.29, 1.82) is 0 Å². The molecule has 6 N–H and O–H groups in total. The maximum absolute atomic E-state index is 10.6. The molecule has 0 aromatic heterocycles. The van der Waals surface area contributed by atoms with Crippen LogP contribution in [0.25, 0.3) is 0 Å². The topological polar surface area (TPSA) is 158 Å². The number of fused-ring (bicyclic) bond motifs is 1. The SMILES string of the molecule is COc1cc([C@@H]2c3cc(O)c(OC)cc3C[C@H](CO)[C@H]2CO[C@@H]2O[C@@H](C)[C@H](O)[C@@H](O)[C@H]2O)ccc1O. The summed E-state index contributed by atoms with van der Waals surface area (Å²) in [5.41, 5.74) is 2.45. The van der Waals surface area contributed by atoms with Crippen molar-refractivity contribution in [2.45, 2.75) is 50.0 Å². The summed E-state index contributed by atoms with van der Waals surface area (Å²) in [5, 5.41) is 61.6. The molecule has 36 heavy (non-hydrogen) atoms. The quantitative estimate of drug-likeness (QED) is 0.318. The molecule has 1 aliphatic heterocycles. The lowest BCUT2D eigenvalue weighted by molar-refractivity contribution is -0.296. The predicted molar refractivity (Wildman–Crippen MR) is 127 cm³/mol. The average Bonchev–Trinajstić information content (AvgIpc) is 2.88. The van der Waals surface area contributed by atoms with Gasteiger partial charge in [0.15, 0.2) is 29.3 Å². The van der Waals surface area contributed by atoms with Crippen molar-refractivity contribution in [1.82, 2.24) is 0 Å². The zero-order chi connectivity index (χ0) is 26.1. The molecule has 198 valence electrons. The molecule has 1 saturated heterocycles. The molecule has 0 saturated carbocycles. The molecule has 2 aromatic carbocycles. The average molecular weight is 507 g/mol. The second-order valence-corrected chi connectivity index (χ2v) is 9.46. The summed E-state index contributed by atoms with van der Waals surface area (Å²) >= 11 is 0. The van der Waals surface area contributed by atoms with Gasteiger partial charge in [-0.1, -0.05) is 6.07 Å². The zero-order valence-corrected chi connectivity index (χ0v) is 20.4. The number of phenols is 2. The molecule has 0 radical (unpaired) electrons. The number of aromatic hydroxyl groups is 2. The van der Waals surface area contributed by atoms with Crippen LogP contribution in [0, 0.1) is 11.8 Å². The van der Waals surface area contributed by atoms with Crippen molar-refractivity contribution >= 4 is 0 Å². The Morgan fingerprint density at radius 1 is 0.917 bits per heavy atom. The van der Waals surface area contributed by atoms with Crippen molar-refractivity contribution in [3.8, 4) is 23.0 Å². The van der Waals surface area contributed by atoms with Crippen LogP contribution in [0.1, 0.15) is 29.5 Å². The molecule has 10 heteroatoms. The van der Waals surface area contributed by atoms with Gasteiger partial charge in [0.25, 0.3) is 0 Å². The van der Waals surface area contributed by atoms with E-state index in [1.165, 1.54) is 20.3 Å². The minimum Gasteiger partial charge on any atom is -0.504 e. The van der Waals surface area contributed by atoms with Gasteiger partial charge in [0, 0.05) is 12.5 Å². The van der Waals surface area contributed by atoms with E-state index in [0.717, 1.165) is 16.7 Å². The van der Waals surface area contributed by atoms with Gasteiger partial charge in [-0.25, -0.2) is 0 Å². The van der Waals surface area contributed by atoms with Crippen molar-refractivity contribution < 1.29 is 49.6 Å². The third kappa shape index (κ3) is 4.84. The minimum absolute atomic E-state index is 0.0263. The van der Waals surface area contributed by atoms with Gasteiger partial charge in [-0.05, 0) is 66.1 Å². The van der Waals surface area contributed by atoms with Crippen LogP contribution in [0.2, 0.25) is 0 Å². The molecule has 4 rings (SSSR count). The Hall–Kier alpha value is -2.60. The summed E-state index contributed by atoms with van der Waals surface area (Å²) in [7, 11) is 2.92. The van der Waals surface area contributed by atoms with Crippen LogP contribution in [0.15, 0.2) is 30.3 Å². The smallest absolute Gasteiger partial charge is 0.186 e. The number of rotatable bonds is 7. The summed E-state index contributed by atoms with van der Waals surface area (Å²) in [6.45, 7) is 1.45. The standard InChI is InChI=1S/C26H34O10/c1-12-23(30)24(31)25(32)26(36-12)35-11-17-15(10-27)6-14-8-21(34-3)19(29)9-16(14)22(17)13-4-5-18(28)20(7-13)33-2/h4-5,7-9,12,15,17,22-32H,6,10-11H2,1-3H3/t12-,15+,17+,22+,23-,24+,25+,26+/m0/s1. The van der Waals surface area contributed by atoms with Crippen molar-refractivity contribution in [3.05, 3.63) is 47.0 Å². The van der Waals surface area contributed by atoms with Crippen molar-refractivity contribution in [2.24, 2.45) is 11.8 Å². The van der Waals surface area contributed by atoms with E-state index >= 15 is 0 Å². The van der Waals surface area contributed by atoms with Gasteiger partial charge in [0.1, 0.15) is 18.3 Å². The van der Waals surface area contributed by atoms with Crippen LogP contribution in [0.3, 0.4) is 0 Å². The molecule has 1 heterocycles. The number of methoxy groups -OCH3 is 2. The van der Waals surface area contributed by atoms with E-state index in [4.69, 9.17) is 18.9 Å². The molecule has 2 aliphatic rings. The van der Waals surface area contributed by atoms with E-state index in [0.29, 0.717) is 12.2 Å². The molecule has 1 fully saturated rings. The van der Waals surface area contributed by atoms with Crippen LogP contribution in [0.5, 0.6) is 23.0 Å². The van der Waals surface area contributed by atoms with Gasteiger partial charge >= 0.3 is 0 Å². The van der Waals surface area contributed by atoms with Gasteiger partial charge in [-0.15, -0.1) is 0 Å². The van der Waals surface area contributed by atoms with E-state index < -0.39 is 36.6 Å². The fraction of sp³-hybridized carbons (Fsp3) is 0.538. The number of ether oxygens (including phenoxy) is 4. The van der Waals surface area contributed by atoms with E-state index in [1.54, 1.807) is 31.2 Å². The summed E-state index contributed by atoms with van der Waals surface area (Å²) in [6, 6.07) is 8.35. The molecule has 2 aromatic rings. The third-order valence-electron chi connectivity index (χ3n) is 7.35. The fourth-order valence-electron chi connectivity index (χ4n) is 5.30. The minimum atomic E-state index is -1.46. The molecule has 0 spiro atoms. The van der Waals surface area contributed by atoms with Gasteiger partial charge in [0.2, 0.25) is 0 Å². The first-order chi connectivity index (χ1) is 17.2. The van der Waals surface area contributed by atoms with Crippen LogP contribution in [-0.4, -0.2) is 88.8 Å². The number of aliphatic hydroxyl groups is 4. The Kier molecular flexibility index (Phi) is 7.93. The lowest BCUT2D eigenvalue weighted by Gasteiger charge is -2.42. The molecule has 1 aliphatic carbocycles. The monoisotopic (exact) mass is 506 g/mol. The van der Waals surface area contributed by atoms with Gasteiger partial charge in [0.05, 0.1) is 26.9 Å². The highest BCUT2D eigenvalue weighted by Gasteiger charge is 2.44. The Morgan fingerprint density at radius 3 is 2.28 bits per heavy atom. The summed E-state index contributed by atoms with van der Waals surface area (Å²) in [4.78, 5) is 0. The van der Waals surface area contributed by atoms with E-state index in [9.17, 15) is 30.6 Å². The molecule has 0 unspecified atom stereocenters. The molecule has 0 bridgehead atoms. The Labute approximate surface area is 209 Å². The first-order valence-electron chi connectivity index (χ1n) is 11.9. The van der Waals surface area contributed by atoms with E-state index in [1.807, 2.05) is 0 Å². The Morgan fingerprint density at radius 2 is 1.61 bits per heavy atom. The Balaban J connectivity index is 1.73. The normalized spacial score (nSPS) is 32.1. The van der Waals surface area contributed by atoms with E-state index in [2.05, 4.69) is 0 Å². The number of aliphatic hydroxyl groups excluding tert-OH is 4.